The average molecular weight is 693 g/mol. The predicted octanol–water partition coefficient (Wildman–Crippen LogP) is 8.40. The van der Waals surface area contributed by atoms with E-state index in [9.17, 15) is 9.13 Å². The summed E-state index contributed by atoms with van der Waals surface area (Å²) in [6.45, 7) is 1.05. The van der Waals surface area contributed by atoms with Crippen LogP contribution in [0.15, 0.2) is 152 Å². The Labute approximate surface area is 293 Å². The van der Waals surface area contributed by atoms with Gasteiger partial charge in [0, 0.05) is 0 Å². The second kappa shape index (κ2) is 18.7. The molecule has 0 bridgehead atoms. The second-order valence-electron chi connectivity index (χ2n) is 12.1. The summed E-state index contributed by atoms with van der Waals surface area (Å²) < 4.78 is 64.1. The molecule has 9 heteroatoms. The van der Waals surface area contributed by atoms with E-state index in [0.29, 0.717) is 0 Å². The van der Waals surface area contributed by atoms with Gasteiger partial charge in [-0.3, -0.25) is 4.52 Å². The summed E-state index contributed by atoms with van der Waals surface area (Å²) in [6, 6.07) is 48.8. The summed E-state index contributed by atoms with van der Waals surface area (Å²) in [6.07, 6.45) is -5.37. The predicted molar refractivity (Wildman–Crippen MR) is 188 cm³/mol. The van der Waals surface area contributed by atoms with E-state index < -0.39 is 44.5 Å². The molecule has 0 radical (unpaired) electrons. The minimum atomic E-state index is -3.32. The van der Waals surface area contributed by atoms with Gasteiger partial charge in [0.2, 0.25) is 0 Å². The molecule has 0 spiro atoms. The third-order valence-corrected chi connectivity index (χ3v) is 8.99. The van der Waals surface area contributed by atoms with Crippen LogP contribution < -0.4 is 0 Å². The van der Waals surface area contributed by atoms with E-state index in [1.807, 2.05) is 152 Å². The molecule has 0 aromatic heterocycles. The van der Waals surface area contributed by atoms with Crippen LogP contribution in [-0.4, -0.2) is 36.6 Å². The molecule has 50 heavy (non-hydrogen) atoms. The van der Waals surface area contributed by atoms with Crippen LogP contribution in [0.1, 0.15) is 27.8 Å². The minimum absolute atomic E-state index is 0.179. The quantitative estimate of drug-likeness (QED) is 0.0898. The molecule has 0 N–H and O–H groups in total. The fraction of sp³-hybridized carbons (Fsp3) is 0.268. The van der Waals surface area contributed by atoms with Crippen LogP contribution in [0, 0.1) is 0 Å². The lowest BCUT2D eigenvalue weighted by Crippen LogP contribution is -2.67. The van der Waals surface area contributed by atoms with Crippen LogP contribution in [0.3, 0.4) is 0 Å². The Hall–Kier alpha value is -4.24. The first-order valence-electron chi connectivity index (χ1n) is 16.7. The molecule has 258 valence electrons. The molecule has 8 nitrogen and oxygen atoms in total. The van der Waals surface area contributed by atoms with E-state index in [1.165, 1.54) is 0 Å². The van der Waals surface area contributed by atoms with Crippen molar-refractivity contribution >= 4 is 7.91 Å². The third kappa shape index (κ3) is 10.2. The molecule has 1 saturated carbocycles. The van der Waals surface area contributed by atoms with Gasteiger partial charge in [0.05, 0.1) is 33.0 Å². The van der Waals surface area contributed by atoms with Crippen molar-refractivity contribution in [1.29, 1.82) is 0 Å². The highest BCUT2D eigenvalue weighted by atomic mass is 31.1. The Bertz CT molecular complexity index is 1650. The summed E-state index contributed by atoms with van der Waals surface area (Å²) in [5, 5.41) is 0. The third-order valence-electron chi connectivity index (χ3n) is 8.58. The van der Waals surface area contributed by atoms with Crippen molar-refractivity contribution < 1.29 is 37.3 Å². The smallest absolute Gasteiger partial charge is 0.368 e. The first kappa shape index (κ1) is 35.6. The number of ether oxygens (including phenoxy) is 5. The van der Waals surface area contributed by atoms with Gasteiger partial charge in [-0.25, -0.2) is 9.13 Å². The minimum Gasteiger partial charge on any atom is -0.368 e. The lowest BCUT2D eigenvalue weighted by atomic mass is 9.83. The van der Waals surface area contributed by atoms with Crippen molar-refractivity contribution in [2.45, 2.75) is 69.7 Å². The van der Waals surface area contributed by atoms with Gasteiger partial charge in [0.15, 0.2) is 0 Å². The zero-order chi connectivity index (χ0) is 34.4. The van der Waals surface area contributed by atoms with E-state index in [0.717, 1.165) is 27.8 Å². The maximum Gasteiger partial charge on any atom is 0.468 e. The molecule has 5 aromatic carbocycles. The Kier molecular flexibility index (Phi) is 13.3. The summed E-state index contributed by atoms with van der Waals surface area (Å²) in [7, 11) is -3.32. The molecule has 0 amide bonds. The fourth-order valence-electron chi connectivity index (χ4n) is 6.12. The zero-order valence-electron chi connectivity index (χ0n) is 27.6. The van der Waals surface area contributed by atoms with E-state index >= 15 is 0 Å². The van der Waals surface area contributed by atoms with Crippen molar-refractivity contribution in [3.05, 3.63) is 179 Å². The summed E-state index contributed by atoms with van der Waals surface area (Å²) >= 11 is 0. The number of hydrogen-bond donors (Lipinski definition) is 0. The molecular weight excluding hydrogens is 651 g/mol. The maximum absolute atomic E-state index is 12.5. The van der Waals surface area contributed by atoms with Crippen LogP contribution in [0.5, 0.6) is 0 Å². The van der Waals surface area contributed by atoms with E-state index in [1.54, 1.807) is 0 Å². The van der Waals surface area contributed by atoms with Gasteiger partial charge < -0.3 is 23.7 Å². The monoisotopic (exact) mass is 692 g/mol. The van der Waals surface area contributed by atoms with Crippen LogP contribution >= 0.6 is 7.91 Å². The van der Waals surface area contributed by atoms with Gasteiger partial charge in [-0.2, -0.15) is 0 Å². The SMILES string of the molecule is O=P(=O)OC1C(OCc2ccccc2)[C@H](OCc2ccccc2)C(OCc2ccccc2)C(OCc2ccccc2)[C@@H]1OCc1ccccc1. The average Bonchev–Trinajstić information content (AvgIpc) is 3.16. The highest BCUT2D eigenvalue weighted by molar-refractivity contribution is 7.24. The van der Waals surface area contributed by atoms with Gasteiger partial charge in [-0.15, -0.1) is 0 Å². The highest BCUT2D eigenvalue weighted by Crippen LogP contribution is 2.38. The van der Waals surface area contributed by atoms with Crippen LogP contribution in [-0.2, 0) is 70.4 Å². The number of benzene rings is 5. The molecule has 0 aliphatic heterocycles. The van der Waals surface area contributed by atoms with Gasteiger partial charge in [0.1, 0.15) is 36.6 Å². The molecule has 6 rings (SSSR count). The zero-order valence-corrected chi connectivity index (χ0v) is 28.5. The molecule has 0 heterocycles. The first-order valence-corrected chi connectivity index (χ1v) is 17.8. The first-order chi connectivity index (χ1) is 24.6. The standard InChI is InChI=1S/C41H41O8P/c42-50(43)49-41-39(47-29-34-22-12-4-13-23-34)37(45-27-32-18-8-2-9-19-32)36(44-26-31-16-6-1-7-17-31)38(46-28-33-20-10-3-11-21-33)40(41)48-30-35-24-14-5-15-25-35/h1-25,36-41H,26-30H2/t36?,37-,38?,39?,40+,41?/m1/s1. The van der Waals surface area contributed by atoms with Crippen LogP contribution in [0.2, 0.25) is 0 Å². The van der Waals surface area contributed by atoms with E-state index in [2.05, 4.69) is 0 Å². The molecule has 1 aliphatic carbocycles. The summed E-state index contributed by atoms with van der Waals surface area (Å²) in [4.78, 5) is 0. The molecular formula is C41H41O8P. The van der Waals surface area contributed by atoms with Crippen molar-refractivity contribution in [2.75, 3.05) is 0 Å². The Morgan fingerprint density at radius 3 is 0.720 bits per heavy atom. The largest absolute Gasteiger partial charge is 0.468 e. The molecule has 4 unspecified atom stereocenters. The molecule has 1 aliphatic rings. The van der Waals surface area contributed by atoms with E-state index in [-0.39, 0.29) is 33.0 Å². The number of hydrogen-bond acceptors (Lipinski definition) is 8. The van der Waals surface area contributed by atoms with Crippen LogP contribution in [0.25, 0.3) is 0 Å². The molecule has 5 aromatic rings. The van der Waals surface area contributed by atoms with E-state index in [4.69, 9.17) is 28.2 Å². The van der Waals surface area contributed by atoms with Crippen molar-refractivity contribution in [3.8, 4) is 0 Å². The van der Waals surface area contributed by atoms with Gasteiger partial charge >= 0.3 is 7.91 Å². The maximum atomic E-state index is 12.5. The van der Waals surface area contributed by atoms with Gasteiger partial charge in [-0.05, 0) is 27.8 Å². The van der Waals surface area contributed by atoms with Gasteiger partial charge in [-0.1, -0.05) is 152 Å². The lowest BCUT2D eigenvalue weighted by molar-refractivity contribution is -0.278. The normalized spacial score (nSPS) is 21.8. The Balaban J connectivity index is 1.41. The topological polar surface area (TPSA) is 89.5 Å². The molecule has 0 saturated heterocycles. The highest BCUT2D eigenvalue weighted by Gasteiger charge is 2.55. The molecule has 1 fully saturated rings. The number of rotatable bonds is 17. The second-order valence-corrected chi connectivity index (χ2v) is 12.8. The van der Waals surface area contributed by atoms with Crippen molar-refractivity contribution in [3.63, 3.8) is 0 Å². The Morgan fingerprint density at radius 2 is 0.520 bits per heavy atom. The van der Waals surface area contributed by atoms with Crippen molar-refractivity contribution in [2.24, 2.45) is 0 Å². The summed E-state index contributed by atoms with van der Waals surface area (Å²) in [5.74, 6) is 0. The Morgan fingerprint density at radius 1 is 0.320 bits per heavy atom. The fourth-order valence-corrected chi connectivity index (χ4v) is 6.56. The molecule has 6 atom stereocenters. The lowest BCUT2D eigenvalue weighted by Gasteiger charge is -2.49. The summed E-state index contributed by atoms with van der Waals surface area (Å²) in [5.41, 5.74) is 4.65. The van der Waals surface area contributed by atoms with Crippen molar-refractivity contribution in [1.82, 2.24) is 0 Å². The van der Waals surface area contributed by atoms with Gasteiger partial charge in [0.25, 0.3) is 0 Å². The van der Waals surface area contributed by atoms with Crippen LogP contribution in [0.4, 0.5) is 0 Å².